The van der Waals surface area contributed by atoms with Gasteiger partial charge in [-0.2, -0.15) is 0 Å². The lowest BCUT2D eigenvalue weighted by Crippen LogP contribution is -2.43. The van der Waals surface area contributed by atoms with Gasteiger partial charge in [0, 0.05) is 5.92 Å². The van der Waals surface area contributed by atoms with Crippen LogP contribution < -0.4 is 0 Å². The van der Waals surface area contributed by atoms with E-state index in [9.17, 15) is 4.79 Å². The summed E-state index contributed by atoms with van der Waals surface area (Å²) in [5.74, 6) is -0.305. The Hall–Kier alpha value is -0.930. The molecular weight excluding hydrogens is 252 g/mol. The number of fused-ring (bicyclic) bond motifs is 4. The van der Waals surface area contributed by atoms with E-state index in [0.29, 0.717) is 0 Å². The highest BCUT2D eigenvalue weighted by molar-refractivity contribution is 5.93. The molecule has 1 saturated heterocycles. The Balaban J connectivity index is 2.15. The molecule has 3 nitrogen and oxygen atoms in total. The third kappa shape index (κ3) is 1.99. The molecule has 20 heavy (non-hydrogen) atoms. The quantitative estimate of drug-likeness (QED) is 0.636. The minimum absolute atomic E-state index is 0.0608. The molecule has 3 aliphatic rings. The lowest BCUT2D eigenvalue weighted by atomic mass is 9.61. The molecule has 1 fully saturated rings. The van der Waals surface area contributed by atoms with E-state index >= 15 is 0 Å². The standard InChI is InChI=1S/C17H24O3/c1-10-6-7-11-12(18)8-9-13-15(14(10)16(11,2)3)20-17(4,5)19-13/h8-9,11,13,15H,6-7H2,1-5H3/b9-8-/t11?,13-,15-/m1/s1. The second-order valence-electron chi connectivity index (χ2n) is 7.29. The number of allylic oxidation sites excluding steroid dienone is 2. The molecule has 1 unspecified atom stereocenters. The third-order valence-electron chi connectivity index (χ3n) is 5.04. The molecule has 0 radical (unpaired) electrons. The zero-order valence-electron chi connectivity index (χ0n) is 13.0. The maximum Gasteiger partial charge on any atom is 0.164 e. The molecule has 110 valence electrons. The normalized spacial score (nSPS) is 40.0. The first-order valence-electron chi connectivity index (χ1n) is 7.50. The Morgan fingerprint density at radius 1 is 1.20 bits per heavy atom. The van der Waals surface area contributed by atoms with E-state index in [1.807, 2.05) is 19.9 Å². The summed E-state index contributed by atoms with van der Waals surface area (Å²) in [5.41, 5.74) is 2.49. The van der Waals surface area contributed by atoms with Crippen molar-refractivity contribution in [3.05, 3.63) is 23.3 Å². The van der Waals surface area contributed by atoms with Crippen LogP contribution in [0.5, 0.6) is 0 Å². The number of hydrogen-bond acceptors (Lipinski definition) is 3. The lowest BCUT2D eigenvalue weighted by Gasteiger charge is -2.44. The molecule has 3 heteroatoms. The van der Waals surface area contributed by atoms with Crippen LogP contribution in [0.4, 0.5) is 0 Å². The van der Waals surface area contributed by atoms with Gasteiger partial charge in [-0.05, 0) is 56.8 Å². The molecule has 3 rings (SSSR count). The van der Waals surface area contributed by atoms with Crippen molar-refractivity contribution in [2.45, 2.75) is 65.5 Å². The maximum absolute atomic E-state index is 12.4. The van der Waals surface area contributed by atoms with E-state index in [1.165, 1.54) is 11.1 Å². The van der Waals surface area contributed by atoms with Gasteiger partial charge in [0.1, 0.15) is 12.2 Å². The van der Waals surface area contributed by atoms with Crippen LogP contribution in [0.2, 0.25) is 0 Å². The monoisotopic (exact) mass is 276 g/mol. The molecular formula is C17H24O3. The topological polar surface area (TPSA) is 35.5 Å². The smallest absolute Gasteiger partial charge is 0.164 e. The summed E-state index contributed by atoms with van der Waals surface area (Å²) < 4.78 is 12.1. The lowest BCUT2D eigenvalue weighted by molar-refractivity contribution is -0.141. The fourth-order valence-corrected chi connectivity index (χ4v) is 4.16. The van der Waals surface area contributed by atoms with E-state index in [2.05, 4.69) is 20.8 Å². The van der Waals surface area contributed by atoms with Crippen LogP contribution in [0, 0.1) is 11.3 Å². The fraction of sp³-hybridized carbons (Fsp3) is 0.706. The third-order valence-corrected chi connectivity index (χ3v) is 5.04. The number of ether oxygens (including phenoxy) is 2. The highest BCUT2D eigenvalue weighted by Gasteiger charge is 2.51. The van der Waals surface area contributed by atoms with Crippen molar-refractivity contribution in [1.82, 2.24) is 0 Å². The van der Waals surface area contributed by atoms with E-state index in [1.54, 1.807) is 6.08 Å². The molecule has 1 aliphatic heterocycles. The van der Waals surface area contributed by atoms with Crippen LogP contribution in [-0.2, 0) is 14.3 Å². The van der Waals surface area contributed by atoms with E-state index in [-0.39, 0.29) is 29.3 Å². The molecule has 0 aromatic heterocycles. The van der Waals surface area contributed by atoms with Gasteiger partial charge in [0.2, 0.25) is 0 Å². The predicted octanol–water partition coefficient (Wildman–Crippen LogP) is 3.40. The van der Waals surface area contributed by atoms with Gasteiger partial charge in [-0.25, -0.2) is 0 Å². The van der Waals surface area contributed by atoms with Crippen LogP contribution in [0.1, 0.15) is 47.5 Å². The van der Waals surface area contributed by atoms with Crippen molar-refractivity contribution in [1.29, 1.82) is 0 Å². The Morgan fingerprint density at radius 2 is 1.90 bits per heavy atom. The molecule has 0 spiro atoms. The van der Waals surface area contributed by atoms with E-state index < -0.39 is 5.79 Å². The molecule has 1 heterocycles. The second kappa shape index (κ2) is 4.28. The largest absolute Gasteiger partial charge is 0.340 e. The van der Waals surface area contributed by atoms with Crippen molar-refractivity contribution < 1.29 is 14.3 Å². The number of carbonyl (C=O) groups is 1. The SMILES string of the molecule is CC1=C2[C@@H]3OC(C)(C)O[C@@H]3/C=C\C(=O)C(CC1)C2(C)C. The van der Waals surface area contributed by atoms with Gasteiger partial charge < -0.3 is 9.47 Å². The maximum atomic E-state index is 12.4. The Bertz CT molecular complexity index is 510. The van der Waals surface area contributed by atoms with Gasteiger partial charge in [0.15, 0.2) is 11.6 Å². The van der Waals surface area contributed by atoms with E-state index in [0.717, 1.165) is 12.8 Å². The Labute approximate surface area is 121 Å². The summed E-state index contributed by atoms with van der Waals surface area (Å²) in [4.78, 5) is 12.4. The molecule has 0 aromatic carbocycles. The average Bonchev–Trinajstić information content (AvgIpc) is 2.59. The zero-order valence-corrected chi connectivity index (χ0v) is 13.0. The van der Waals surface area contributed by atoms with Gasteiger partial charge >= 0.3 is 0 Å². The first-order chi connectivity index (χ1) is 9.22. The average molecular weight is 276 g/mol. The molecule has 0 amide bonds. The number of rotatable bonds is 0. The molecule has 0 aromatic rings. The van der Waals surface area contributed by atoms with Crippen LogP contribution in [0.25, 0.3) is 0 Å². The van der Waals surface area contributed by atoms with Gasteiger partial charge in [-0.1, -0.05) is 19.4 Å². The summed E-state index contributed by atoms with van der Waals surface area (Å²) in [6.45, 7) is 10.4. The minimum atomic E-state index is -0.594. The fourth-order valence-electron chi connectivity index (χ4n) is 4.16. The summed E-state index contributed by atoms with van der Waals surface area (Å²) in [7, 11) is 0. The summed E-state index contributed by atoms with van der Waals surface area (Å²) in [6, 6.07) is 0. The predicted molar refractivity (Wildman–Crippen MR) is 77.2 cm³/mol. The molecule has 2 aliphatic carbocycles. The van der Waals surface area contributed by atoms with Crippen molar-refractivity contribution >= 4 is 5.78 Å². The highest BCUT2D eigenvalue weighted by Crippen LogP contribution is 2.51. The molecule has 3 atom stereocenters. The summed E-state index contributed by atoms with van der Waals surface area (Å²) in [5, 5.41) is 0. The Morgan fingerprint density at radius 3 is 2.60 bits per heavy atom. The van der Waals surface area contributed by atoms with E-state index in [4.69, 9.17) is 9.47 Å². The zero-order chi connectivity index (χ0) is 14.7. The van der Waals surface area contributed by atoms with Crippen molar-refractivity contribution in [2.24, 2.45) is 11.3 Å². The van der Waals surface area contributed by atoms with Gasteiger partial charge in [0.25, 0.3) is 0 Å². The van der Waals surface area contributed by atoms with Crippen LogP contribution >= 0.6 is 0 Å². The van der Waals surface area contributed by atoms with Gasteiger partial charge in [0.05, 0.1) is 0 Å². The molecule has 0 saturated carbocycles. The first-order valence-corrected chi connectivity index (χ1v) is 7.50. The summed E-state index contributed by atoms with van der Waals surface area (Å²) >= 11 is 0. The van der Waals surface area contributed by atoms with Gasteiger partial charge in [-0.3, -0.25) is 4.79 Å². The first kappa shape index (κ1) is 14.0. The van der Waals surface area contributed by atoms with Crippen molar-refractivity contribution in [3.63, 3.8) is 0 Å². The van der Waals surface area contributed by atoms with Gasteiger partial charge in [-0.15, -0.1) is 0 Å². The second-order valence-corrected chi connectivity index (χ2v) is 7.29. The van der Waals surface area contributed by atoms with Crippen LogP contribution in [0.3, 0.4) is 0 Å². The molecule has 0 N–H and O–H groups in total. The molecule has 2 bridgehead atoms. The highest BCUT2D eigenvalue weighted by atomic mass is 16.7. The number of ketones is 1. The minimum Gasteiger partial charge on any atom is -0.340 e. The summed E-state index contributed by atoms with van der Waals surface area (Å²) in [6.07, 6.45) is 5.31. The Kier molecular flexibility index (Phi) is 3.00. The van der Waals surface area contributed by atoms with Crippen LogP contribution in [0.15, 0.2) is 23.3 Å². The van der Waals surface area contributed by atoms with Crippen molar-refractivity contribution in [3.8, 4) is 0 Å². The van der Waals surface area contributed by atoms with Crippen molar-refractivity contribution in [2.75, 3.05) is 0 Å². The number of hydrogen-bond donors (Lipinski definition) is 0. The number of carbonyl (C=O) groups excluding carboxylic acids is 1. The van der Waals surface area contributed by atoms with Crippen LogP contribution in [-0.4, -0.2) is 23.8 Å².